The number of rotatable bonds is 2. The van der Waals surface area contributed by atoms with Gasteiger partial charge in [-0.1, -0.05) is 6.07 Å². The van der Waals surface area contributed by atoms with Crippen LogP contribution in [0.1, 0.15) is 28.2 Å². The first-order valence-electron chi connectivity index (χ1n) is 7.46. The summed E-state index contributed by atoms with van der Waals surface area (Å²) in [5.41, 5.74) is 2.35. The maximum atomic E-state index is 14.0. The number of aryl methyl sites for hydroxylation is 1. The van der Waals surface area contributed by atoms with Gasteiger partial charge < -0.3 is 0 Å². The monoisotopic (exact) mass is 312 g/mol. The van der Waals surface area contributed by atoms with Gasteiger partial charge in [0.15, 0.2) is 0 Å². The second-order valence-electron chi connectivity index (χ2n) is 5.83. The lowest BCUT2D eigenvalue weighted by Gasteiger charge is -2.28. The summed E-state index contributed by atoms with van der Waals surface area (Å²) in [5.74, 6) is 0.324. The van der Waals surface area contributed by atoms with Crippen molar-refractivity contribution in [2.45, 2.75) is 26.4 Å². The molecule has 1 aromatic carbocycles. The summed E-state index contributed by atoms with van der Waals surface area (Å²) in [4.78, 5) is 18.9. The van der Waals surface area contributed by atoms with Crippen LogP contribution < -0.4 is 5.56 Å². The van der Waals surface area contributed by atoms with Gasteiger partial charge >= 0.3 is 0 Å². The van der Waals surface area contributed by atoms with E-state index in [-0.39, 0.29) is 11.4 Å². The topological polar surface area (TPSA) is 61.9 Å². The van der Waals surface area contributed by atoms with Gasteiger partial charge in [0.1, 0.15) is 11.6 Å². The summed E-state index contributed by atoms with van der Waals surface area (Å²) in [6.07, 6.45) is 0.685. The van der Waals surface area contributed by atoms with E-state index in [4.69, 9.17) is 5.26 Å². The Morgan fingerprint density at radius 2 is 2.22 bits per heavy atom. The predicted octanol–water partition coefficient (Wildman–Crippen LogP) is 1.66. The van der Waals surface area contributed by atoms with Gasteiger partial charge in [0.2, 0.25) is 0 Å². The van der Waals surface area contributed by atoms with Crippen molar-refractivity contribution in [1.82, 2.24) is 14.5 Å². The minimum absolute atomic E-state index is 0.0301. The Hall–Kier alpha value is -2.52. The average molecular weight is 312 g/mol. The maximum Gasteiger partial charge on any atom is 0.257 e. The van der Waals surface area contributed by atoms with Crippen LogP contribution in [0.2, 0.25) is 0 Å². The lowest BCUT2D eigenvalue weighted by Crippen LogP contribution is -2.38. The first-order chi connectivity index (χ1) is 11.0. The van der Waals surface area contributed by atoms with Crippen LogP contribution in [-0.4, -0.2) is 21.0 Å². The van der Waals surface area contributed by atoms with E-state index in [9.17, 15) is 9.18 Å². The third-order valence-electron chi connectivity index (χ3n) is 4.32. The summed E-state index contributed by atoms with van der Waals surface area (Å²) >= 11 is 0. The molecule has 0 saturated carbocycles. The fourth-order valence-corrected chi connectivity index (χ4v) is 2.86. The highest BCUT2D eigenvalue weighted by Gasteiger charge is 2.22. The van der Waals surface area contributed by atoms with Crippen molar-refractivity contribution >= 4 is 0 Å². The zero-order chi connectivity index (χ0) is 16.6. The first-order valence-corrected chi connectivity index (χ1v) is 7.46. The van der Waals surface area contributed by atoms with Gasteiger partial charge in [0.25, 0.3) is 5.56 Å². The fourth-order valence-electron chi connectivity index (χ4n) is 2.86. The zero-order valence-electron chi connectivity index (χ0n) is 13.1. The van der Waals surface area contributed by atoms with Crippen molar-refractivity contribution in [3.63, 3.8) is 0 Å². The Labute approximate surface area is 133 Å². The molecule has 0 amide bonds. The molecule has 0 fully saturated rings. The maximum absolute atomic E-state index is 14.0. The molecule has 0 atom stereocenters. The largest absolute Gasteiger partial charge is 0.300 e. The highest BCUT2D eigenvalue weighted by atomic mass is 19.1. The fraction of sp³-hybridized carbons (Fsp3) is 0.353. The Morgan fingerprint density at radius 3 is 2.91 bits per heavy atom. The molecule has 118 valence electrons. The van der Waals surface area contributed by atoms with E-state index in [1.165, 1.54) is 6.07 Å². The molecule has 0 bridgehead atoms. The van der Waals surface area contributed by atoms with Crippen LogP contribution >= 0.6 is 0 Å². The Kier molecular flexibility index (Phi) is 3.97. The van der Waals surface area contributed by atoms with Gasteiger partial charge in [-0.3, -0.25) is 14.3 Å². The summed E-state index contributed by atoms with van der Waals surface area (Å²) in [6.45, 7) is 3.43. The normalized spacial score (nSPS) is 14.3. The van der Waals surface area contributed by atoms with Crippen LogP contribution in [-0.2, 0) is 26.6 Å². The van der Waals surface area contributed by atoms with Crippen molar-refractivity contribution in [3.8, 4) is 6.07 Å². The van der Waals surface area contributed by atoms with Gasteiger partial charge in [-0.25, -0.2) is 9.37 Å². The van der Waals surface area contributed by atoms with E-state index in [0.717, 1.165) is 12.2 Å². The van der Waals surface area contributed by atoms with Crippen LogP contribution in [0, 0.1) is 24.1 Å². The molecular weight excluding hydrogens is 295 g/mol. The number of hydrogen-bond acceptors (Lipinski definition) is 4. The number of halogens is 1. The Bertz CT molecular complexity index is 866. The lowest BCUT2D eigenvalue weighted by molar-refractivity contribution is 0.237. The third kappa shape index (κ3) is 2.88. The number of benzene rings is 1. The second kappa shape index (κ2) is 5.94. The molecule has 23 heavy (non-hydrogen) atoms. The SMILES string of the molecule is Cc1nc2c(c(=O)n1C)CN(Cc1ccc(C#N)cc1F)CC2. The molecule has 0 N–H and O–H groups in total. The first kappa shape index (κ1) is 15.4. The molecule has 3 rings (SSSR count). The highest BCUT2D eigenvalue weighted by molar-refractivity contribution is 5.33. The van der Waals surface area contributed by atoms with Gasteiger partial charge in [0.05, 0.1) is 22.9 Å². The summed E-state index contributed by atoms with van der Waals surface area (Å²) in [5, 5.41) is 8.79. The van der Waals surface area contributed by atoms with Crippen molar-refractivity contribution in [2.75, 3.05) is 6.54 Å². The van der Waals surface area contributed by atoms with Gasteiger partial charge in [0, 0.05) is 38.7 Å². The van der Waals surface area contributed by atoms with E-state index in [1.54, 1.807) is 23.7 Å². The molecule has 1 aromatic heterocycles. The number of nitriles is 1. The van der Waals surface area contributed by atoms with E-state index in [2.05, 4.69) is 4.98 Å². The highest BCUT2D eigenvalue weighted by Crippen LogP contribution is 2.19. The van der Waals surface area contributed by atoms with Gasteiger partial charge in [-0.05, 0) is 19.1 Å². The van der Waals surface area contributed by atoms with Crippen LogP contribution in [0.15, 0.2) is 23.0 Å². The van der Waals surface area contributed by atoms with Crippen LogP contribution in [0.3, 0.4) is 0 Å². The molecule has 0 saturated heterocycles. The summed E-state index contributed by atoms with van der Waals surface area (Å²) in [7, 11) is 1.71. The van der Waals surface area contributed by atoms with E-state index >= 15 is 0 Å². The smallest absolute Gasteiger partial charge is 0.257 e. The van der Waals surface area contributed by atoms with Crippen LogP contribution in [0.25, 0.3) is 0 Å². The number of aromatic nitrogens is 2. The van der Waals surface area contributed by atoms with Crippen molar-refractivity contribution in [2.24, 2.45) is 7.05 Å². The van der Waals surface area contributed by atoms with Crippen molar-refractivity contribution < 1.29 is 4.39 Å². The summed E-state index contributed by atoms with van der Waals surface area (Å²) < 4.78 is 15.6. The number of fused-ring (bicyclic) bond motifs is 1. The molecule has 0 aliphatic carbocycles. The Morgan fingerprint density at radius 1 is 1.43 bits per heavy atom. The van der Waals surface area contributed by atoms with Gasteiger partial charge in [-0.2, -0.15) is 5.26 Å². The molecular formula is C17H17FN4O. The minimum atomic E-state index is -0.384. The summed E-state index contributed by atoms with van der Waals surface area (Å²) in [6, 6.07) is 6.42. The molecule has 5 nitrogen and oxygen atoms in total. The van der Waals surface area contributed by atoms with Crippen molar-refractivity contribution in [1.29, 1.82) is 5.26 Å². The van der Waals surface area contributed by atoms with Gasteiger partial charge in [-0.15, -0.1) is 0 Å². The zero-order valence-corrected chi connectivity index (χ0v) is 13.1. The molecule has 1 aliphatic heterocycles. The number of nitrogens with zero attached hydrogens (tertiary/aromatic N) is 4. The standard InChI is InChI=1S/C17H17FN4O/c1-11-20-16-5-6-22(10-14(16)17(23)21(11)2)9-13-4-3-12(8-19)7-15(13)18/h3-4,7H,5-6,9-10H2,1-2H3. The van der Waals surface area contributed by atoms with E-state index in [1.807, 2.05) is 17.9 Å². The molecule has 1 aliphatic rings. The molecule has 2 heterocycles. The van der Waals surface area contributed by atoms with Crippen LogP contribution in [0.5, 0.6) is 0 Å². The Balaban J connectivity index is 1.84. The van der Waals surface area contributed by atoms with E-state index in [0.29, 0.717) is 42.0 Å². The minimum Gasteiger partial charge on any atom is -0.300 e. The third-order valence-corrected chi connectivity index (χ3v) is 4.32. The molecule has 2 aromatic rings. The molecule has 0 radical (unpaired) electrons. The average Bonchev–Trinajstić information content (AvgIpc) is 2.55. The lowest BCUT2D eigenvalue weighted by atomic mass is 10.0. The van der Waals surface area contributed by atoms with E-state index < -0.39 is 0 Å². The molecule has 0 unspecified atom stereocenters. The quantitative estimate of drug-likeness (QED) is 0.846. The molecule has 0 spiro atoms. The predicted molar refractivity (Wildman–Crippen MR) is 83.1 cm³/mol. The van der Waals surface area contributed by atoms with Crippen molar-refractivity contribution in [3.05, 3.63) is 62.6 Å². The second-order valence-corrected chi connectivity index (χ2v) is 5.83. The number of hydrogen-bond donors (Lipinski definition) is 0. The van der Waals surface area contributed by atoms with Crippen LogP contribution in [0.4, 0.5) is 4.39 Å². The molecule has 6 heteroatoms.